The summed E-state index contributed by atoms with van der Waals surface area (Å²) in [6.45, 7) is 9.47. The third kappa shape index (κ3) is 4.51. The molecule has 0 bridgehead atoms. The number of morpholine rings is 1. The van der Waals surface area contributed by atoms with Gasteiger partial charge in [-0.1, -0.05) is 0 Å². The summed E-state index contributed by atoms with van der Waals surface area (Å²) in [4.78, 5) is 20.4. The highest BCUT2D eigenvalue weighted by Crippen LogP contribution is 2.34. The van der Waals surface area contributed by atoms with Crippen molar-refractivity contribution in [2.75, 3.05) is 37.6 Å². The number of nitrogens with zero attached hydrogens (tertiary/aromatic N) is 4. The van der Waals surface area contributed by atoms with Gasteiger partial charge >= 0.3 is 0 Å². The van der Waals surface area contributed by atoms with Crippen LogP contribution in [0.3, 0.4) is 0 Å². The lowest BCUT2D eigenvalue weighted by Crippen LogP contribution is -2.46. The minimum absolute atomic E-state index is 0.126. The van der Waals surface area contributed by atoms with E-state index in [-0.39, 0.29) is 10.6 Å². The number of nitro groups is 1. The molecule has 2 unspecified atom stereocenters. The molecule has 4 rings (SSSR count). The summed E-state index contributed by atoms with van der Waals surface area (Å²) >= 11 is 0. The highest BCUT2D eigenvalue weighted by molar-refractivity contribution is 5.97. The van der Waals surface area contributed by atoms with Gasteiger partial charge in [0.2, 0.25) is 0 Å². The Kier molecular flexibility index (Phi) is 5.96. The first kappa shape index (κ1) is 20.0. The molecule has 2 atom stereocenters. The molecule has 0 N–H and O–H groups in total. The van der Waals surface area contributed by atoms with E-state index in [1.807, 2.05) is 6.07 Å². The molecule has 0 radical (unpaired) electrons. The van der Waals surface area contributed by atoms with Crippen LogP contribution in [0.15, 0.2) is 30.5 Å². The molecule has 2 aromatic rings. The quantitative estimate of drug-likeness (QED) is 0.563. The van der Waals surface area contributed by atoms with Gasteiger partial charge in [0.1, 0.15) is 5.52 Å². The number of ether oxygens (including phenoxy) is 1. The Morgan fingerprint density at radius 2 is 1.90 bits per heavy atom. The maximum absolute atomic E-state index is 11.3. The van der Waals surface area contributed by atoms with Gasteiger partial charge in [0.15, 0.2) is 0 Å². The fraction of sp³-hybridized carbons (Fsp3) is 0.591. The van der Waals surface area contributed by atoms with Gasteiger partial charge in [-0.2, -0.15) is 0 Å². The van der Waals surface area contributed by atoms with Crippen molar-refractivity contribution in [1.29, 1.82) is 0 Å². The molecule has 1 aromatic heterocycles. The molecule has 156 valence electrons. The number of rotatable bonds is 5. The van der Waals surface area contributed by atoms with E-state index in [0.29, 0.717) is 17.6 Å². The zero-order valence-electron chi connectivity index (χ0n) is 17.3. The van der Waals surface area contributed by atoms with Crippen molar-refractivity contribution in [2.24, 2.45) is 5.92 Å². The summed E-state index contributed by atoms with van der Waals surface area (Å²) in [5.74, 6) is 0.733. The van der Waals surface area contributed by atoms with E-state index in [4.69, 9.17) is 4.74 Å². The number of aromatic nitrogens is 1. The van der Waals surface area contributed by atoms with Gasteiger partial charge in [-0.25, -0.2) is 0 Å². The molecule has 1 aromatic carbocycles. The van der Waals surface area contributed by atoms with Gasteiger partial charge in [0, 0.05) is 38.4 Å². The van der Waals surface area contributed by atoms with Crippen molar-refractivity contribution in [3.8, 4) is 0 Å². The van der Waals surface area contributed by atoms with Crippen molar-refractivity contribution in [2.45, 2.75) is 45.3 Å². The lowest BCUT2D eigenvalue weighted by Gasteiger charge is -2.38. The number of fused-ring (bicyclic) bond motifs is 1. The lowest BCUT2D eigenvalue weighted by atomic mass is 9.92. The average molecular weight is 399 g/mol. The highest BCUT2D eigenvalue weighted by atomic mass is 16.6. The fourth-order valence-electron chi connectivity index (χ4n) is 4.85. The molecule has 0 saturated carbocycles. The predicted octanol–water partition coefficient (Wildman–Crippen LogP) is 3.86. The summed E-state index contributed by atoms with van der Waals surface area (Å²) in [6, 6.07) is 7.04. The Labute approximate surface area is 171 Å². The molecular weight excluding hydrogens is 368 g/mol. The van der Waals surface area contributed by atoms with Crippen LogP contribution in [0, 0.1) is 16.0 Å². The fourth-order valence-corrected chi connectivity index (χ4v) is 4.85. The Hall–Kier alpha value is -2.25. The van der Waals surface area contributed by atoms with Crippen LogP contribution in [-0.2, 0) is 4.74 Å². The Morgan fingerprint density at radius 3 is 2.59 bits per heavy atom. The minimum atomic E-state index is -0.326. The number of anilines is 1. The topological polar surface area (TPSA) is 71.7 Å². The van der Waals surface area contributed by atoms with Crippen LogP contribution in [-0.4, -0.2) is 59.7 Å². The molecule has 3 heterocycles. The smallest absolute Gasteiger partial charge is 0.278 e. The van der Waals surface area contributed by atoms with Gasteiger partial charge < -0.3 is 9.64 Å². The number of nitro benzene ring substituents is 1. The zero-order valence-corrected chi connectivity index (χ0v) is 17.3. The second-order valence-electron chi connectivity index (χ2n) is 8.50. The standard InChI is InChI=1S/C22H30N4O3/c1-16-14-24(15-17(2)29-16)11-7-18-8-12-25(13-9-18)21-6-5-20(26(27)28)19-4-3-10-23-22(19)21/h3-6,10,16-18H,7-9,11-15H2,1-2H3. The van der Waals surface area contributed by atoms with Gasteiger partial charge in [0.05, 0.1) is 28.2 Å². The minimum Gasteiger partial charge on any atom is -0.373 e. The molecule has 7 nitrogen and oxygen atoms in total. The molecule has 0 amide bonds. The molecule has 2 fully saturated rings. The summed E-state index contributed by atoms with van der Waals surface area (Å²) < 4.78 is 5.83. The second-order valence-corrected chi connectivity index (χ2v) is 8.50. The molecule has 29 heavy (non-hydrogen) atoms. The number of benzene rings is 1. The second kappa shape index (κ2) is 8.63. The van der Waals surface area contributed by atoms with E-state index in [1.165, 1.54) is 6.42 Å². The molecular formula is C22H30N4O3. The first-order chi connectivity index (χ1) is 14.0. The summed E-state index contributed by atoms with van der Waals surface area (Å²) in [5.41, 5.74) is 1.87. The van der Waals surface area contributed by atoms with E-state index in [2.05, 4.69) is 28.6 Å². The maximum Gasteiger partial charge on any atom is 0.278 e. The predicted molar refractivity (Wildman–Crippen MR) is 114 cm³/mol. The van der Waals surface area contributed by atoms with Crippen LogP contribution in [0.4, 0.5) is 11.4 Å². The maximum atomic E-state index is 11.3. The van der Waals surface area contributed by atoms with E-state index < -0.39 is 0 Å². The monoisotopic (exact) mass is 398 g/mol. The largest absolute Gasteiger partial charge is 0.373 e. The van der Waals surface area contributed by atoms with Crippen LogP contribution in [0.1, 0.15) is 33.1 Å². The van der Waals surface area contributed by atoms with Crippen LogP contribution >= 0.6 is 0 Å². The van der Waals surface area contributed by atoms with Crippen LogP contribution < -0.4 is 4.90 Å². The first-order valence-electron chi connectivity index (χ1n) is 10.7. The van der Waals surface area contributed by atoms with Crippen LogP contribution in [0.25, 0.3) is 10.9 Å². The molecule has 0 spiro atoms. The number of hydrogen-bond donors (Lipinski definition) is 0. The van der Waals surface area contributed by atoms with Crippen molar-refractivity contribution < 1.29 is 9.66 Å². The van der Waals surface area contributed by atoms with Crippen molar-refractivity contribution in [3.63, 3.8) is 0 Å². The average Bonchev–Trinajstić information content (AvgIpc) is 2.71. The number of piperidine rings is 1. The molecule has 7 heteroatoms. The summed E-state index contributed by atoms with van der Waals surface area (Å²) in [5, 5.41) is 12.0. The van der Waals surface area contributed by atoms with Gasteiger partial charge in [-0.15, -0.1) is 0 Å². The zero-order chi connectivity index (χ0) is 20.4. The van der Waals surface area contributed by atoms with Crippen molar-refractivity contribution in [1.82, 2.24) is 9.88 Å². The van der Waals surface area contributed by atoms with Crippen molar-refractivity contribution >= 4 is 22.3 Å². The number of hydrogen-bond acceptors (Lipinski definition) is 6. The summed E-state index contributed by atoms with van der Waals surface area (Å²) in [7, 11) is 0. The van der Waals surface area contributed by atoms with Gasteiger partial charge in [0.25, 0.3) is 5.69 Å². The lowest BCUT2D eigenvalue weighted by molar-refractivity contribution is -0.383. The molecule has 2 saturated heterocycles. The third-order valence-corrected chi connectivity index (χ3v) is 6.23. The summed E-state index contributed by atoms with van der Waals surface area (Å²) in [6.07, 6.45) is 5.90. The number of non-ortho nitro benzene ring substituents is 1. The van der Waals surface area contributed by atoms with E-state index in [0.717, 1.165) is 62.7 Å². The first-order valence-corrected chi connectivity index (χ1v) is 10.7. The Balaban J connectivity index is 1.38. The van der Waals surface area contributed by atoms with Gasteiger partial charge in [-0.05, 0) is 63.8 Å². The SMILES string of the molecule is CC1CN(CCC2CCN(c3ccc([N+](=O)[O-])c4cccnc34)CC2)CC(C)O1. The van der Waals surface area contributed by atoms with Crippen LogP contribution in [0.2, 0.25) is 0 Å². The number of pyridine rings is 1. The Bertz CT molecular complexity index is 856. The molecule has 2 aliphatic heterocycles. The van der Waals surface area contributed by atoms with Crippen LogP contribution in [0.5, 0.6) is 0 Å². The highest BCUT2D eigenvalue weighted by Gasteiger charge is 2.26. The van der Waals surface area contributed by atoms with Crippen molar-refractivity contribution in [3.05, 3.63) is 40.6 Å². The van der Waals surface area contributed by atoms with E-state index in [9.17, 15) is 10.1 Å². The van der Waals surface area contributed by atoms with E-state index in [1.54, 1.807) is 24.4 Å². The van der Waals surface area contributed by atoms with E-state index >= 15 is 0 Å². The third-order valence-electron chi connectivity index (χ3n) is 6.23. The normalized spacial score (nSPS) is 24.1. The van der Waals surface area contributed by atoms with Gasteiger partial charge in [-0.3, -0.25) is 20.0 Å². The molecule has 2 aliphatic rings. The Morgan fingerprint density at radius 1 is 1.17 bits per heavy atom. The molecule has 0 aliphatic carbocycles.